The van der Waals surface area contributed by atoms with Crippen molar-refractivity contribution in [3.05, 3.63) is 25.3 Å². The van der Waals surface area contributed by atoms with Gasteiger partial charge in [-0.15, -0.1) is 13.2 Å². The lowest BCUT2D eigenvalue weighted by Crippen LogP contribution is -2.28. The van der Waals surface area contributed by atoms with Crippen molar-refractivity contribution in [3.63, 3.8) is 0 Å². The highest BCUT2D eigenvalue weighted by Crippen LogP contribution is 2.16. The standard InChI is InChI=1S/C23H42N6/c1-5-9-13-15-17-24-21-26-22(25-18-16-14-10-6-2)28-23(27-21)29(19-11-7-3)20-12-8-4/h5-6H,1-2,7-20H2,3-4H3,(H2,24,25,26,27,28). The van der Waals surface area contributed by atoms with E-state index in [2.05, 4.69) is 47.5 Å². The second kappa shape index (κ2) is 16.8. The van der Waals surface area contributed by atoms with Gasteiger partial charge in [-0.05, 0) is 51.4 Å². The van der Waals surface area contributed by atoms with Gasteiger partial charge in [0, 0.05) is 26.2 Å². The molecule has 6 nitrogen and oxygen atoms in total. The van der Waals surface area contributed by atoms with Crippen LogP contribution in [0.15, 0.2) is 25.3 Å². The first-order valence-electron chi connectivity index (χ1n) is 11.5. The molecule has 0 aromatic carbocycles. The molecule has 0 saturated heterocycles. The summed E-state index contributed by atoms with van der Waals surface area (Å²) in [5.74, 6) is 2.12. The molecule has 164 valence electrons. The van der Waals surface area contributed by atoms with Gasteiger partial charge in [-0.1, -0.05) is 38.8 Å². The molecule has 0 aliphatic rings. The topological polar surface area (TPSA) is 66.0 Å². The molecule has 0 saturated carbocycles. The highest BCUT2D eigenvalue weighted by molar-refractivity contribution is 5.43. The van der Waals surface area contributed by atoms with E-state index in [1.54, 1.807) is 0 Å². The van der Waals surface area contributed by atoms with Gasteiger partial charge < -0.3 is 15.5 Å². The smallest absolute Gasteiger partial charge is 0.231 e. The van der Waals surface area contributed by atoms with Crippen molar-refractivity contribution >= 4 is 17.8 Å². The van der Waals surface area contributed by atoms with Crippen molar-refractivity contribution in [3.8, 4) is 0 Å². The fraction of sp³-hybridized carbons (Fsp3) is 0.696. The first-order valence-corrected chi connectivity index (χ1v) is 11.5. The molecule has 0 fully saturated rings. The molecule has 0 spiro atoms. The first kappa shape index (κ1) is 24.9. The van der Waals surface area contributed by atoms with Crippen LogP contribution < -0.4 is 15.5 Å². The van der Waals surface area contributed by atoms with E-state index in [1.165, 1.54) is 0 Å². The van der Waals surface area contributed by atoms with E-state index < -0.39 is 0 Å². The molecule has 1 rings (SSSR count). The van der Waals surface area contributed by atoms with Crippen LogP contribution in [0.2, 0.25) is 0 Å². The van der Waals surface area contributed by atoms with Gasteiger partial charge in [-0.2, -0.15) is 15.0 Å². The number of aromatic nitrogens is 3. The van der Waals surface area contributed by atoms with Crippen LogP contribution in [0.3, 0.4) is 0 Å². The van der Waals surface area contributed by atoms with E-state index in [9.17, 15) is 0 Å². The normalized spacial score (nSPS) is 10.6. The van der Waals surface area contributed by atoms with Crippen LogP contribution in [0.1, 0.15) is 78.1 Å². The van der Waals surface area contributed by atoms with Crippen molar-refractivity contribution in [2.45, 2.75) is 78.1 Å². The minimum atomic E-state index is 0.667. The van der Waals surface area contributed by atoms with Crippen molar-refractivity contribution < 1.29 is 0 Å². The molecule has 29 heavy (non-hydrogen) atoms. The summed E-state index contributed by atoms with van der Waals surface area (Å²) in [6, 6.07) is 0. The molecular weight excluding hydrogens is 360 g/mol. The molecule has 0 bridgehead atoms. The third-order valence-electron chi connectivity index (χ3n) is 4.71. The van der Waals surface area contributed by atoms with Crippen molar-refractivity contribution in [2.24, 2.45) is 0 Å². The molecule has 2 N–H and O–H groups in total. The Balaban J connectivity index is 2.84. The largest absolute Gasteiger partial charge is 0.354 e. The quantitative estimate of drug-likeness (QED) is 0.225. The van der Waals surface area contributed by atoms with Gasteiger partial charge in [-0.3, -0.25) is 0 Å². The Morgan fingerprint density at radius 3 is 1.62 bits per heavy atom. The van der Waals surface area contributed by atoms with Crippen LogP contribution in [-0.2, 0) is 0 Å². The monoisotopic (exact) mass is 402 g/mol. The molecule has 1 aromatic rings. The van der Waals surface area contributed by atoms with Crippen molar-refractivity contribution in [1.82, 2.24) is 15.0 Å². The third kappa shape index (κ3) is 11.5. The van der Waals surface area contributed by atoms with Gasteiger partial charge in [0.05, 0.1) is 0 Å². The van der Waals surface area contributed by atoms with Gasteiger partial charge in [0.15, 0.2) is 0 Å². The lowest BCUT2D eigenvalue weighted by atomic mass is 10.2. The number of hydrogen-bond donors (Lipinski definition) is 2. The molecule has 0 atom stereocenters. The Hall–Kier alpha value is -2.11. The average Bonchev–Trinajstić information content (AvgIpc) is 2.73. The summed E-state index contributed by atoms with van der Waals surface area (Å²) in [5.41, 5.74) is 0. The zero-order chi connectivity index (χ0) is 21.2. The van der Waals surface area contributed by atoms with Gasteiger partial charge in [0.2, 0.25) is 17.8 Å². The molecule has 0 aliphatic heterocycles. The number of nitrogens with one attached hydrogen (secondary N) is 2. The maximum absolute atomic E-state index is 4.73. The number of rotatable bonds is 19. The second-order valence-electron chi connectivity index (χ2n) is 7.40. The zero-order valence-corrected chi connectivity index (χ0v) is 18.8. The van der Waals surface area contributed by atoms with Crippen LogP contribution in [0.25, 0.3) is 0 Å². The summed E-state index contributed by atoms with van der Waals surface area (Å²) in [7, 11) is 0. The van der Waals surface area contributed by atoms with E-state index in [0.29, 0.717) is 11.9 Å². The minimum absolute atomic E-state index is 0.667. The van der Waals surface area contributed by atoms with Crippen LogP contribution in [0, 0.1) is 0 Å². The van der Waals surface area contributed by atoms with E-state index in [-0.39, 0.29) is 0 Å². The van der Waals surface area contributed by atoms with Crippen LogP contribution in [-0.4, -0.2) is 41.1 Å². The number of nitrogens with zero attached hydrogens (tertiary/aromatic N) is 4. The summed E-state index contributed by atoms with van der Waals surface area (Å²) in [6.45, 7) is 15.7. The third-order valence-corrected chi connectivity index (χ3v) is 4.71. The molecule has 0 aliphatic carbocycles. The molecule has 0 radical (unpaired) electrons. The molecule has 0 amide bonds. The SMILES string of the molecule is C=CCCCCNc1nc(NCCCCC=C)nc(N(CCCC)CCCC)n1. The van der Waals surface area contributed by atoms with Gasteiger partial charge in [0.25, 0.3) is 0 Å². The Kier molecular flexibility index (Phi) is 14.4. The summed E-state index contributed by atoms with van der Waals surface area (Å²) in [6.07, 6.45) is 15.0. The second-order valence-corrected chi connectivity index (χ2v) is 7.40. The van der Waals surface area contributed by atoms with Gasteiger partial charge >= 0.3 is 0 Å². The average molecular weight is 403 g/mol. The van der Waals surface area contributed by atoms with Crippen LogP contribution in [0.5, 0.6) is 0 Å². The van der Waals surface area contributed by atoms with E-state index >= 15 is 0 Å². The van der Waals surface area contributed by atoms with E-state index in [1.807, 2.05) is 12.2 Å². The van der Waals surface area contributed by atoms with Gasteiger partial charge in [-0.25, -0.2) is 0 Å². The van der Waals surface area contributed by atoms with Crippen molar-refractivity contribution in [2.75, 3.05) is 41.7 Å². The summed E-state index contributed by atoms with van der Waals surface area (Å²) < 4.78 is 0. The first-order chi connectivity index (χ1) is 14.2. The fourth-order valence-corrected chi connectivity index (χ4v) is 2.90. The van der Waals surface area contributed by atoms with E-state index in [0.717, 1.165) is 96.3 Å². The predicted molar refractivity (Wildman–Crippen MR) is 127 cm³/mol. The molecule has 1 heterocycles. The minimum Gasteiger partial charge on any atom is -0.354 e. The maximum Gasteiger partial charge on any atom is 0.231 e. The van der Waals surface area contributed by atoms with Gasteiger partial charge in [0.1, 0.15) is 0 Å². The maximum atomic E-state index is 4.73. The predicted octanol–water partition coefficient (Wildman–Crippen LogP) is 5.81. The lowest BCUT2D eigenvalue weighted by molar-refractivity contribution is 0.661. The number of anilines is 3. The zero-order valence-electron chi connectivity index (χ0n) is 18.8. The highest BCUT2D eigenvalue weighted by atomic mass is 15.3. The Bertz CT molecular complexity index is 516. The Morgan fingerprint density at radius 1 is 0.724 bits per heavy atom. The summed E-state index contributed by atoms with van der Waals surface area (Å²) in [5, 5.41) is 6.77. The number of unbranched alkanes of at least 4 members (excludes halogenated alkanes) is 6. The van der Waals surface area contributed by atoms with Crippen LogP contribution in [0.4, 0.5) is 17.8 Å². The molecule has 1 aromatic heterocycles. The number of allylic oxidation sites excluding steroid dienone is 2. The Morgan fingerprint density at radius 2 is 1.21 bits per heavy atom. The summed E-state index contributed by atoms with van der Waals surface area (Å²) in [4.78, 5) is 16.4. The van der Waals surface area contributed by atoms with Crippen molar-refractivity contribution in [1.29, 1.82) is 0 Å². The molecule has 6 heteroatoms. The molecular formula is C23H42N6. The van der Waals surface area contributed by atoms with Crippen LogP contribution >= 0.6 is 0 Å². The van der Waals surface area contributed by atoms with E-state index in [4.69, 9.17) is 9.97 Å². The fourth-order valence-electron chi connectivity index (χ4n) is 2.90. The lowest BCUT2D eigenvalue weighted by Gasteiger charge is -2.23. The summed E-state index contributed by atoms with van der Waals surface area (Å²) >= 11 is 0. The number of hydrogen-bond acceptors (Lipinski definition) is 6. The Labute approximate surface area is 178 Å². The molecule has 0 unspecified atom stereocenters. The highest BCUT2D eigenvalue weighted by Gasteiger charge is 2.13.